The van der Waals surface area contributed by atoms with Crippen molar-refractivity contribution < 1.29 is 19.4 Å². The van der Waals surface area contributed by atoms with Gasteiger partial charge in [-0.3, -0.25) is 9.48 Å². The molecule has 8 nitrogen and oxygen atoms in total. The van der Waals surface area contributed by atoms with Crippen LogP contribution in [-0.4, -0.2) is 45.7 Å². The van der Waals surface area contributed by atoms with Crippen LogP contribution in [0.25, 0.3) is 22.4 Å². The fourth-order valence-electron chi connectivity index (χ4n) is 5.26. The van der Waals surface area contributed by atoms with Crippen LogP contribution < -0.4 is 10.2 Å². The molecule has 198 valence electrons. The minimum atomic E-state index is -1.22. The summed E-state index contributed by atoms with van der Waals surface area (Å²) < 4.78 is 15.4. The quantitative estimate of drug-likeness (QED) is 0.454. The third kappa shape index (κ3) is 4.48. The fraction of sp³-hybridized carbons (Fsp3) is 0.483. The first-order chi connectivity index (χ1) is 17.3. The van der Waals surface area contributed by atoms with Gasteiger partial charge < -0.3 is 19.1 Å². The number of fused-ring (bicyclic) bond motifs is 3. The molecule has 37 heavy (non-hydrogen) atoms. The van der Waals surface area contributed by atoms with Crippen molar-refractivity contribution in [3.8, 4) is 28.1 Å². The van der Waals surface area contributed by atoms with E-state index < -0.39 is 16.9 Å². The Morgan fingerprint density at radius 2 is 1.86 bits per heavy atom. The largest absolute Gasteiger partial charge is 0.493 e. The second-order valence-electron chi connectivity index (χ2n) is 11.2. The summed E-state index contributed by atoms with van der Waals surface area (Å²) in [5, 5.41) is 14.3. The van der Waals surface area contributed by atoms with Crippen LogP contribution >= 0.6 is 0 Å². The highest BCUT2D eigenvalue weighted by Gasteiger charge is 2.44. The maximum Gasteiger partial charge on any atom is 0.341 e. The smallest absolute Gasteiger partial charge is 0.341 e. The molecule has 0 unspecified atom stereocenters. The Morgan fingerprint density at radius 1 is 1.16 bits per heavy atom. The summed E-state index contributed by atoms with van der Waals surface area (Å²) in [5.41, 5.74) is 5.01. The van der Waals surface area contributed by atoms with Crippen LogP contribution in [0.15, 0.2) is 29.2 Å². The Bertz CT molecular complexity index is 1430. The molecule has 1 atom stereocenters. The molecular formula is C29H37N3O5. The Morgan fingerprint density at radius 3 is 2.43 bits per heavy atom. The summed E-state index contributed by atoms with van der Waals surface area (Å²) >= 11 is 0. The summed E-state index contributed by atoms with van der Waals surface area (Å²) in [6.07, 6.45) is 2.93. The lowest BCUT2D eigenvalue weighted by molar-refractivity contribution is 0.0689. The van der Waals surface area contributed by atoms with Crippen molar-refractivity contribution in [3.05, 3.63) is 57.1 Å². The summed E-state index contributed by atoms with van der Waals surface area (Å²) in [6, 6.07) is 5.63. The van der Waals surface area contributed by atoms with Crippen molar-refractivity contribution in [1.82, 2.24) is 14.3 Å². The van der Waals surface area contributed by atoms with Gasteiger partial charge in [0.15, 0.2) is 5.43 Å². The molecule has 0 bridgehead atoms. The number of pyridine rings is 1. The number of methoxy groups -OCH3 is 1. The number of rotatable bonds is 7. The van der Waals surface area contributed by atoms with Gasteiger partial charge in [-0.25, -0.2) is 4.79 Å². The first-order valence-corrected chi connectivity index (χ1v) is 12.6. The predicted octanol–water partition coefficient (Wildman–Crippen LogP) is 4.96. The molecular weight excluding hydrogens is 470 g/mol. The number of aryl methyl sites for hydroxylation is 2. The maximum atomic E-state index is 12.9. The highest BCUT2D eigenvalue weighted by Crippen LogP contribution is 2.49. The van der Waals surface area contributed by atoms with Gasteiger partial charge in [0.2, 0.25) is 0 Å². The normalized spacial score (nSPS) is 16.9. The molecule has 0 fully saturated rings. The Hall–Kier alpha value is -3.39. The zero-order valence-corrected chi connectivity index (χ0v) is 23.1. The van der Waals surface area contributed by atoms with Gasteiger partial charge in [-0.1, -0.05) is 20.8 Å². The number of aromatic nitrogens is 3. The molecule has 0 aliphatic carbocycles. The molecule has 8 heteroatoms. The van der Waals surface area contributed by atoms with Crippen molar-refractivity contribution in [2.75, 3.05) is 20.3 Å². The van der Waals surface area contributed by atoms with Crippen LogP contribution in [0.4, 0.5) is 0 Å². The molecule has 0 radical (unpaired) electrons. The Labute approximate surface area is 217 Å². The molecule has 3 heterocycles. The van der Waals surface area contributed by atoms with Crippen LogP contribution in [-0.2, 0) is 23.7 Å². The van der Waals surface area contributed by atoms with Gasteiger partial charge >= 0.3 is 5.97 Å². The lowest BCUT2D eigenvalue weighted by Gasteiger charge is -2.48. The van der Waals surface area contributed by atoms with E-state index in [0.717, 1.165) is 45.8 Å². The van der Waals surface area contributed by atoms with E-state index in [1.165, 1.54) is 12.3 Å². The van der Waals surface area contributed by atoms with Crippen molar-refractivity contribution in [1.29, 1.82) is 0 Å². The highest BCUT2D eigenvalue weighted by molar-refractivity contribution is 5.88. The number of ether oxygens (including phenoxy) is 2. The summed E-state index contributed by atoms with van der Waals surface area (Å²) in [5.74, 6) is -0.451. The fourth-order valence-corrected chi connectivity index (χ4v) is 5.26. The first-order valence-electron chi connectivity index (χ1n) is 12.6. The van der Waals surface area contributed by atoms with Crippen molar-refractivity contribution in [2.45, 2.75) is 59.9 Å². The van der Waals surface area contributed by atoms with Gasteiger partial charge in [-0.05, 0) is 50.3 Å². The number of hydrogen-bond acceptors (Lipinski definition) is 5. The molecule has 1 N–H and O–H groups in total. The van der Waals surface area contributed by atoms with E-state index in [0.29, 0.717) is 25.3 Å². The summed E-state index contributed by atoms with van der Waals surface area (Å²) in [7, 11) is 3.59. The highest BCUT2D eigenvalue weighted by atomic mass is 16.5. The second kappa shape index (κ2) is 9.49. The standard InChI is InChI=1S/C29H37N3O5/c1-17-26(18(2)31(7)30-17)21-13-20-19(12-25(21)37-11-9-10-36-8)15-29(6,28(3,4)5)32-16-22(27(34)35)24(33)14-23(20)32/h12-14,16H,9-11,15H2,1-8H3,(H,34,35)/t29-/m0/s1. The maximum absolute atomic E-state index is 12.9. The van der Waals surface area contributed by atoms with Crippen LogP contribution in [0.5, 0.6) is 5.75 Å². The number of carboxylic acid groups (broad SMARTS) is 1. The van der Waals surface area contributed by atoms with Gasteiger partial charge in [0, 0.05) is 61.8 Å². The lowest BCUT2D eigenvalue weighted by atomic mass is 9.68. The average molecular weight is 508 g/mol. The van der Waals surface area contributed by atoms with Gasteiger partial charge in [0.1, 0.15) is 11.3 Å². The molecule has 4 rings (SSSR count). The third-order valence-corrected chi connectivity index (χ3v) is 7.97. The van der Waals surface area contributed by atoms with Gasteiger partial charge in [0.25, 0.3) is 0 Å². The van der Waals surface area contributed by atoms with E-state index in [2.05, 4.69) is 44.9 Å². The zero-order valence-electron chi connectivity index (χ0n) is 23.1. The number of hydrogen-bond donors (Lipinski definition) is 1. The van der Waals surface area contributed by atoms with Crippen LogP contribution in [0, 0.1) is 19.3 Å². The predicted molar refractivity (Wildman–Crippen MR) is 144 cm³/mol. The van der Waals surface area contributed by atoms with Crippen molar-refractivity contribution in [2.24, 2.45) is 12.5 Å². The molecule has 0 amide bonds. The molecule has 1 aliphatic heterocycles. The SMILES string of the molecule is COCCCOc1cc2c(cc1-c1c(C)nn(C)c1C)-c1cc(=O)c(C(=O)O)cn1[C@](C)(C(C)(C)C)C2. The van der Waals surface area contributed by atoms with E-state index in [9.17, 15) is 14.7 Å². The number of carboxylic acids is 1. The van der Waals surface area contributed by atoms with E-state index in [-0.39, 0.29) is 11.0 Å². The number of nitrogens with zero attached hydrogens (tertiary/aromatic N) is 3. The number of aromatic carboxylic acids is 1. The summed E-state index contributed by atoms with van der Waals surface area (Å²) in [6.45, 7) is 13.7. The van der Waals surface area contributed by atoms with Gasteiger partial charge in [0.05, 0.1) is 23.5 Å². The Kier molecular flexibility index (Phi) is 6.84. The molecule has 1 aromatic carbocycles. The van der Waals surface area contributed by atoms with Crippen LogP contribution in [0.1, 0.15) is 61.4 Å². The Balaban J connectivity index is 2.02. The molecule has 3 aromatic rings. The van der Waals surface area contributed by atoms with Gasteiger partial charge in [-0.2, -0.15) is 5.10 Å². The number of benzene rings is 1. The van der Waals surface area contributed by atoms with E-state index in [4.69, 9.17) is 9.47 Å². The molecule has 0 saturated heterocycles. The molecule has 0 spiro atoms. The van der Waals surface area contributed by atoms with Crippen LogP contribution in [0.2, 0.25) is 0 Å². The minimum Gasteiger partial charge on any atom is -0.493 e. The van der Waals surface area contributed by atoms with E-state index in [1.807, 2.05) is 30.1 Å². The molecule has 2 aromatic heterocycles. The zero-order chi connectivity index (χ0) is 27.3. The average Bonchev–Trinajstić information content (AvgIpc) is 3.06. The lowest BCUT2D eigenvalue weighted by Crippen LogP contribution is -2.48. The van der Waals surface area contributed by atoms with Crippen molar-refractivity contribution >= 4 is 5.97 Å². The van der Waals surface area contributed by atoms with E-state index >= 15 is 0 Å². The molecule has 1 aliphatic rings. The second-order valence-corrected chi connectivity index (χ2v) is 11.2. The third-order valence-electron chi connectivity index (χ3n) is 7.97. The van der Waals surface area contributed by atoms with Gasteiger partial charge in [-0.15, -0.1) is 0 Å². The monoisotopic (exact) mass is 507 g/mol. The first kappa shape index (κ1) is 26.7. The summed E-state index contributed by atoms with van der Waals surface area (Å²) in [4.78, 5) is 24.8. The number of carbonyl (C=O) groups is 1. The minimum absolute atomic E-state index is 0.222. The molecule has 0 saturated carbocycles. The topological polar surface area (TPSA) is 95.6 Å². The van der Waals surface area contributed by atoms with Crippen molar-refractivity contribution in [3.63, 3.8) is 0 Å². The van der Waals surface area contributed by atoms with Crippen LogP contribution in [0.3, 0.4) is 0 Å². The van der Waals surface area contributed by atoms with E-state index in [1.54, 1.807) is 7.11 Å².